The first-order valence-electron chi connectivity index (χ1n) is 15.7. The third-order valence-corrected chi connectivity index (χ3v) is 7.59. The van der Waals surface area contributed by atoms with Gasteiger partial charge < -0.3 is 20.9 Å². The zero-order valence-electron chi connectivity index (χ0n) is 26.7. The van der Waals surface area contributed by atoms with E-state index in [9.17, 15) is 0 Å². The Morgan fingerprint density at radius 2 is 1.67 bits per heavy atom. The highest BCUT2D eigenvalue weighted by molar-refractivity contribution is 5.61. The summed E-state index contributed by atoms with van der Waals surface area (Å²) in [6, 6.07) is 15.1. The molecule has 0 aliphatic heterocycles. The SMILES string of the molecule is C=C(C)CNCCN(CCNCc1ccccn1)Cc1ccc(CNCCc2c[nH]c3c2C=CCC3(C)C)cc1.CC. The Morgan fingerprint density at radius 3 is 2.38 bits per heavy atom. The van der Waals surface area contributed by atoms with Crippen LogP contribution in [0.3, 0.4) is 0 Å². The van der Waals surface area contributed by atoms with Crippen molar-refractivity contribution in [3.63, 3.8) is 0 Å². The van der Waals surface area contributed by atoms with Gasteiger partial charge in [-0.3, -0.25) is 9.88 Å². The molecule has 0 saturated heterocycles. The summed E-state index contributed by atoms with van der Waals surface area (Å²) in [4.78, 5) is 10.5. The van der Waals surface area contributed by atoms with Gasteiger partial charge in [0.05, 0.1) is 5.69 Å². The smallest absolute Gasteiger partial charge is 0.0541 e. The van der Waals surface area contributed by atoms with E-state index in [0.29, 0.717) is 0 Å². The molecule has 0 bridgehead atoms. The minimum atomic E-state index is 0.199. The molecular formula is C36H54N6. The number of rotatable bonds is 17. The van der Waals surface area contributed by atoms with E-state index in [0.717, 1.165) is 77.4 Å². The Morgan fingerprint density at radius 1 is 0.952 bits per heavy atom. The van der Waals surface area contributed by atoms with Crippen LogP contribution in [0.1, 0.15) is 74.7 Å². The fourth-order valence-electron chi connectivity index (χ4n) is 5.25. The fourth-order valence-corrected chi connectivity index (χ4v) is 5.25. The second kappa shape index (κ2) is 17.8. The van der Waals surface area contributed by atoms with Gasteiger partial charge in [-0.2, -0.15) is 0 Å². The molecule has 1 aliphatic rings. The predicted molar refractivity (Wildman–Crippen MR) is 180 cm³/mol. The first kappa shape index (κ1) is 33.5. The van der Waals surface area contributed by atoms with Gasteiger partial charge in [0.2, 0.25) is 0 Å². The van der Waals surface area contributed by atoms with Gasteiger partial charge in [0, 0.05) is 75.9 Å². The summed E-state index contributed by atoms with van der Waals surface area (Å²) >= 11 is 0. The Balaban J connectivity index is 0.00000237. The molecule has 6 nitrogen and oxygen atoms in total. The topological polar surface area (TPSA) is 68.0 Å². The molecule has 0 amide bonds. The van der Waals surface area contributed by atoms with Crippen LogP contribution in [0.4, 0.5) is 0 Å². The van der Waals surface area contributed by atoms with Gasteiger partial charge in [-0.05, 0) is 60.7 Å². The van der Waals surface area contributed by atoms with Crippen molar-refractivity contribution in [3.8, 4) is 0 Å². The van der Waals surface area contributed by atoms with E-state index < -0.39 is 0 Å². The molecule has 6 heteroatoms. The van der Waals surface area contributed by atoms with Crippen molar-refractivity contribution in [1.82, 2.24) is 30.8 Å². The Hall–Kier alpha value is -3.03. The van der Waals surface area contributed by atoms with E-state index in [1.807, 2.05) is 32.2 Å². The lowest BCUT2D eigenvalue weighted by atomic mass is 9.79. The molecule has 3 aromatic rings. The van der Waals surface area contributed by atoms with E-state index in [2.05, 4.69) is 107 Å². The van der Waals surface area contributed by atoms with Crippen LogP contribution in [-0.4, -0.2) is 54.1 Å². The summed E-state index contributed by atoms with van der Waals surface area (Å²) in [5.41, 5.74) is 9.31. The summed E-state index contributed by atoms with van der Waals surface area (Å²) in [6.07, 6.45) is 10.8. The van der Waals surface area contributed by atoms with Crippen molar-refractivity contribution < 1.29 is 0 Å². The third-order valence-electron chi connectivity index (χ3n) is 7.59. The van der Waals surface area contributed by atoms with Crippen molar-refractivity contribution in [2.45, 2.75) is 72.5 Å². The molecule has 1 aliphatic carbocycles. The van der Waals surface area contributed by atoms with E-state index in [-0.39, 0.29) is 5.41 Å². The summed E-state index contributed by atoms with van der Waals surface area (Å²) in [5.74, 6) is 0. The Bertz CT molecular complexity index is 1210. The summed E-state index contributed by atoms with van der Waals surface area (Å²) < 4.78 is 0. The molecule has 42 heavy (non-hydrogen) atoms. The normalized spacial score (nSPS) is 13.5. The fraction of sp³-hybridized carbons (Fsp3) is 0.472. The number of hydrogen-bond donors (Lipinski definition) is 4. The van der Waals surface area contributed by atoms with Crippen LogP contribution in [0.25, 0.3) is 6.08 Å². The van der Waals surface area contributed by atoms with Crippen LogP contribution in [0, 0.1) is 0 Å². The first-order chi connectivity index (χ1) is 20.4. The second-order valence-corrected chi connectivity index (χ2v) is 11.7. The molecule has 1 aromatic carbocycles. The molecule has 4 rings (SSSR count). The van der Waals surface area contributed by atoms with Crippen LogP contribution in [-0.2, 0) is 31.5 Å². The Labute approximate surface area is 255 Å². The van der Waals surface area contributed by atoms with Crippen LogP contribution in [0.2, 0.25) is 0 Å². The van der Waals surface area contributed by atoms with Crippen molar-refractivity contribution in [2.24, 2.45) is 0 Å². The quantitative estimate of drug-likeness (QED) is 0.115. The molecule has 0 radical (unpaired) electrons. The van der Waals surface area contributed by atoms with Gasteiger partial charge in [0.1, 0.15) is 0 Å². The monoisotopic (exact) mass is 570 g/mol. The average molecular weight is 571 g/mol. The van der Waals surface area contributed by atoms with Gasteiger partial charge in [-0.15, -0.1) is 0 Å². The maximum Gasteiger partial charge on any atom is 0.0541 e. The summed E-state index contributed by atoms with van der Waals surface area (Å²) in [6.45, 7) is 23.0. The summed E-state index contributed by atoms with van der Waals surface area (Å²) in [7, 11) is 0. The van der Waals surface area contributed by atoms with E-state index in [4.69, 9.17) is 0 Å². The molecule has 0 atom stereocenters. The number of pyridine rings is 1. The predicted octanol–water partition coefficient (Wildman–Crippen LogP) is 6.22. The molecule has 4 N–H and O–H groups in total. The molecule has 2 aromatic heterocycles. The van der Waals surface area contributed by atoms with E-state index >= 15 is 0 Å². The van der Waals surface area contributed by atoms with Gasteiger partial charge in [-0.25, -0.2) is 0 Å². The number of aromatic amines is 1. The van der Waals surface area contributed by atoms with E-state index in [1.165, 1.54) is 33.5 Å². The van der Waals surface area contributed by atoms with Crippen molar-refractivity contribution in [2.75, 3.05) is 39.3 Å². The van der Waals surface area contributed by atoms with Crippen LogP contribution in [0.5, 0.6) is 0 Å². The highest BCUT2D eigenvalue weighted by atomic mass is 15.1. The van der Waals surface area contributed by atoms with Crippen LogP contribution < -0.4 is 16.0 Å². The van der Waals surface area contributed by atoms with Gasteiger partial charge in [-0.1, -0.05) is 82.3 Å². The van der Waals surface area contributed by atoms with Gasteiger partial charge >= 0.3 is 0 Å². The van der Waals surface area contributed by atoms with E-state index in [1.54, 1.807) is 0 Å². The average Bonchev–Trinajstić information content (AvgIpc) is 3.42. The van der Waals surface area contributed by atoms with Crippen molar-refractivity contribution in [1.29, 1.82) is 0 Å². The first-order valence-corrected chi connectivity index (χ1v) is 15.7. The molecule has 228 valence electrons. The Kier molecular flexibility index (Phi) is 14.2. The number of aromatic nitrogens is 2. The second-order valence-electron chi connectivity index (χ2n) is 11.7. The lowest BCUT2D eigenvalue weighted by molar-refractivity contribution is 0.265. The number of fused-ring (bicyclic) bond motifs is 1. The third kappa shape index (κ3) is 11.0. The maximum absolute atomic E-state index is 4.41. The van der Waals surface area contributed by atoms with Crippen molar-refractivity contribution >= 4 is 6.08 Å². The molecule has 0 unspecified atom stereocenters. The largest absolute Gasteiger partial charge is 0.364 e. The molecule has 0 fully saturated rings. The molecule has 2 heterocycles. The minimum Gasteiger partial charge on any atom is -0.364 e. The zero-order valence-corrected chi connectivity index (χ0v) is 26.7. The molecule has 0 saturated carbocycles. The number of nitrogens with one attached hydrogen (secondary N) is 4. The van der Waals surface area contributed by atoms with Crippen LogP contribution >= 0.6 is 0 Å². The number of allylic oxidation sites excluding steroid dienone is 1. The molecular weight excluding hydrogens is 516 g/mol. The minimum absolute atomic E-state index is 0.199. The zero-order chi connectivity index (χ0) is 30.2. The highest BCUT2D eigenvalue weighted by Gasteiger charge is 2.27. The number of benzene rings is 1. The van der Waals surface area contributed by atoms with Crippen LogP contribution in [0.15, 0.2) is 73.1 Å². The van der Waals surface area contributed by atoms with Gasteiger partial charge in [0.15, 0.2) is 0 Å². The molecule has 0 spiro atoms. The number of nitrogens with zero attached hydrogens (tertiary/aromatic N) is 2. The summed E-state index contributed by atoms with van der Waals surface area (Å²) in [5, 5.41) is 10.7. The number of hydrogen-bond acceptors (Lipinski definition) is 5. The van der Waals surface area contributed by atoms with Gasteiger partial charge in [0.25, 0.3) is 0 Å². The maximum atomic E-state index is 4.41. The number of H-pyrrole nitrogens is 1. The standard InChI is InChI=1S/C34H48N6.C2H6/c1-27(2)22-36-18-20-40(21-19-37-25-31-8-5-6-16-38-31)26-29-12-10-28(11-13-29)23-35-17-14-30-24-39-33-32(30)9-7-15-34(33,3)4;1-2/h5-13,16,24,35-37,39H,1,14-15,17-23,25-26H2,2-4H3;1-2H3. The highest BCUT2D eigenvalue weighted by Crippen LogP contribution is 2.35. The lowest BCUT2D eigenvalue weighted by Crippen LogP contribution is -2.36. The van der Waals surface area contributed by atoms with Crippen molar-refractivity contribution in [3.05, 3.63) is 107 Å². The lowest BCUT2D eigenvalue weighted by Gasteiger charge is -2.26.